The van der Waals surface area contributed by atoms with Crippen LogP contribution < -0.4 is 5.32 Å². The van der Waals surface area contributed by atoms with Crippen molar-refractivity contribution in [3.63, 3.8) is 0 Å². The Bertz CT molecular complexity index is 434. The Morgan fingerprint density at radius 2 is 1.70 bits per heavy atom. The van der Waals surface area contributed by atoms with E-state index in [-0.39, 0.29) is 22.1 Å². The Kier molecular flexibility index (Phi) is 5.69. The summed E-state index contributed by atoms with van der Waals surface area (Å²) in [5, 5.41) is 3.09. The molecule has 2 nitrogen and oxygen atoms in total. The molecule has 3 heteroatoms. The summed E-state index contributed by atoms with van der Waals surface area (Å²) in [5.41, 5.74) is 0.0213. The van der Waals surface area contributed by atoms with Crippen LogP contribution in [0.15, 0.2) is 35.2 Å². The van der Waals surface area contributed by atoms with Gasteiger partial charge in [-0.15, -0.1) is 11.8 Å². The molecule has 0 fully saturated rings. The number of benzene rings is 1. The quantitative estimate of drug-likeness (QED) is 0.810. The molecular formula is C17H27NOS. The maximum atomic E-state index is 12.3. The minimum absolute atomic E-state index is 0.0864. The molecule has 0 bridgehead atoms. The molecule has 1 N–H and O–H groups in total. The van der Waals surface area contributed by atoms with Gasteiger partial charge in [-0.1, -0.05) is 39.0 Å². The Hall–Kier alpha value is -0.960. The fourth-order valence-electron chi connectivity index (χ4n) is 2.56. The summed E-state index contributed by atoms with van der Waals surface area (Å²) in [7, 11) is 0. The zero-order valence-electron chi connectivity index (χ0n) is 13.5. The van der Waals surface area contributed by atoms with Crippen LogP contribution >= 0.6 is 11.8 Å². The van der Waals surface area contributed by atoms with Crippen LogP contribution in [-0.2, 0) is 4.79 Å². The maximum Gasteiger partial charge on any atom is 0.233 e. The SMILES string of the molecule is C[C@H](Sc1ccccc1)C(=O)NC(C)(C)CC(C)(C)C. The second-order valence-corrected chi connectivity index (χ2v) is 8.60. The van der Waals surface area contributed by atoms with Crippen molar-refractivity contribution in [2.45, 2.75) is 63.6 Å². The second kappa shape index (κ2) is 6.66. The molecule has 0 aliphatic rings. The molecule has 1 aromatic rings. The number of carbonyl (C=O) groups excluding carboxylic acids is 1. The largest absolute Gasteiger partial charge is 0.350 e. The summed E-state index contributed by atoms with van der Waals surface area (Å²) < 4.78 is 0. The van der Waals surface area contributed by atoms with Crippen LogP contribution in [0.5, 0.6) is 0 Å². The van der Waals surface area contributed by atoms with E-state index in [4.69, 9.17) is 0 Å². The van der Waals surface area contributed by atoms with E-state index in [2.05, 4.69) is 39.9 Å². The van der Waals surface area contributed by atoms with Gasteiger partial charge in [-0.3, -0.25) is 4.79 Å². The first-order valence-corrected chi connectivity index (χ1v) is 8.01. The lowest BCUT2D eigenvalue weighted by atomic mass is 9.82. The van der Waals surface area contributed by atoms with Crippen LogP contribution in [-0.4, -0.2) is 16.7 Å². The first-order valence-electron chi connectivity index (χ1n) is 7.13. The summed E-state index contributed by atoms with van der Waals surface area (Å²) in [6.07, 6.45) is 0.953. The number of carbonyl (C=O) groups is 1. The van der Waals surface area contributed by atoms with Crippen molar-refractivity contribution < 1.29 is 4.79 Å². The summed E-state index contributed by atoms with van der Waals surface area (Å²) in [5.74, 6) is 0.105. The average molecular weight is 293 g/mol. The molecule has 0 radical (unpaired) electrons. The van der Waals surface area contributed by atoms with Crippen molar-refractivity contribution >= 4 is 17.7 Å². The molecule has 112 valence electrons. The van der Waals surface area contributed by atoms with E-state index in [1.807, 2.05) is 37.3 Å². The maximum absolute atomic E-state index is 12.3. The molecule has 0 unspecified atom stereocenters. The van der Waals surface area contributed by atoms with Gasteiger partial charge in [0, 0.05) is 10.4 Å². The first kappa shape index (κ1) is 17.1. The van der Waals surface area contributed by atoms with Crippen molar-refractivity contribution in [2.75, 3.05) is 0 Å². The Morgan fingerprint density at radius 1 is 1.15 bits per heavy atom. The van der Waals surface area contributed by atoms with Crippen molar-refractivity contribution in [1.82, 2.24) is 5.32 Å². The predicted octanol–water partition coefficient (Wildman–Crippen LogP) is 4.50. The molecule has 1 atom stereocenters. The van der Waals surface area contributed by atoms with Gasteiger partial charge in [-0.25, -0.2) is 0 Å². The van der Waals surface area contributed by atoms with Gasteiger partial charge >= 0.3 is 0 Å². The third-order valence-electron chi connectivity index (χ3n) is 2.86. The van der Waals surface area contributed by atoms with E-state index in [1.165, 1.54) is 0 Å². The molecule has 0 spiro atoms. The molecule has 1 rings (SSSR count). The Morgan fingerprint density at radius 3 is 2.20 bits per heavy atom. The lowest BCUT2D eigenvalue weighted by Gasteiger charge is -2.34. The van der Waals surface area contributed by atoms with Crippen LogP contribution in [0.25, 0.3) is 0 Å². The number of hydrogen-bond acceptors (Lipinski definition) is 2. The molecule has 20 heavy (non-hydrogen) atoms. The molecule has 0 aliphatic carbocycles. The number of amides is 1. The first-order chi connectivity index (χ1) is 9.09. The standard InChI is InChI=1S/C17H27NOS/c1-13(20-14-10-8-7-9-11-14)15(19)18-17(5,6)12-16(2,3)4/h7-11,13H,12H2,1-6H3,(H,18,19)/t13-/m0/s1. The number of hydrogen-bond donors (Lipinski definition) is 1. The van der Waals surface area contributed by atoms with Crippen molar-refractivity contribution in [3.8, 4) is 0 Å². The van der Waals surface area contributed by atoms with Gasteiger partial charge in [0.15, 0.2) is 0 Å². The highest BCUT2D eigenvalue weighted by molar-refractivity contribution is 8.00. The fraction of sp³-hybridized carbons (Fsp3) is 0.588. The van der Waals surface area contributed by atoms with E-state index in [0.717, 1.165) is 11.3 Å². The molecule has 0 aliphatic heterocycles. The summed E-state index contributed by atoms with van der Waals surface area (Å²) in [4.78, 5) is 13.4. The topological polar surface area (TPSA) is 29.1 Å². The molecule has 0 saturated heterocycles. The lowest BCUT2D eigenvalue weighted by Crippen LogP contribution is -2.48. The number of rotatable bonds is 5. The molecular weight excluding hydrogens is 266 g/mol. The minimum atomic E-state index is -0.180. The van der Waals surface area contributed by atoms with Gasteiger partial charge in [0.2, 0.25) is 5.91 Å². The van der Waals surface area contributed by atoms with Gasteiger partial charge in [0.1, 0.15) is 0 Å². The Labute approximate surface area is 127 Å². The van der Waals surface area contributed by atoms with Crippen LogP contribution in [0.3, 0.4) is 0 Å². The van der Waals surface area contributed by atoms with E-state index in [1.54, 1.807) is 11.8 Å². The van der Waals surface area contributed by atoms with E-state index in [9.17, 15) is 4.79 Å². The van der Waals surface area contributed by atoms with Crippen LogP contribution in [0.2, 0.25) is 0 Å². The Balaban J connectivity index is 2.57. The van der Waals surface area contributed by atoms with Crippen molar-refractivity contribution in [3.05, 3.63) is 30.3 Å². The van der Waals surface area contributed by atoms with Gasteiger partial charge in [-0.2, -0.15) is 0 Å². The van der Waals surface area contributed by atoms with Gasteiger partial charge in [-0.05, 0) is 44.7 Å². The highest BCUT2D eigenvalue weighted by Gasteiger charge is 2.28. The summed E-state index contributed by atoms with van der Waals surface area (Å²) in [6, 6.07) is 10.1. The highest BCUT2D eigenvalue weighted by Crippen LogP contribution is 2.28. The zero-order valence-corrected chi connectivity index (χ0v) is 14.3. The molecule has 0 aromatic heterocycles. The monoisotopic (exact) mass is 293 g/mol. The zero-order chi connectivity index (χ0) is 15.4. The van der Waals surface area contributed by atoms with E-state index >= 15 is 0 Å². The third-order valence-corrected chi connectivity index (χ3v) is 3.97. The van der Waals surface area contributed by atoms with Crippen LogP contribution in [0.1, 0.15) is 48.0 Å². The minimum Gasteiger partial charge on any atom is -0.350 e. The second-order valence-electron chi connectivity index (χ2n) is 7.18. The van der Waals surface area contributed by atoms with E-state index < -0.39 is 0 Å². The van der Waals surface area contributed by atoms with Crippen LogP contribution in [0, 0.1) is 5.41 Å². The summed E-state index contributed by atoms with van der Waals surface area (Å²) in [6.45, 7) is 12.7. The lowest BCUT2D eigenvalue weighted by molar-refractivity contribution is -0.122. The van der Waals surface area contributed by atoms with Gasteiger partial charge < -0.3 is 5.32 Å². The summed E-state index contributed by atoms with van der Waals surface area (Å²) >= 11 is 1.60. The smallest absolute Gasteiger partial charge is 0.233 e. The molecule has 0 saturated carbocycles. The van der Waals surface area contributed by atoms with Crippen molar-refractivity contribution in [1.29, 1.82) is 0 Å². The fourth-order valence-corrected chi connectivity index (χ4v) is 3.45. The number of nitrogens with one attached hydrogen (secondary N) is 1. The molecule has 1 amide bonds. The highest BCUT2D eigenvalue weighted by atomic mass is 32.2. The van der Waals surface area contributed by atoms with Gasteiger partial charge in [0.05, 0.1) is 5.25 Å². The third kappa shape index (κ3) is 6.47. The average Bonchev–Trinajstić information content (AvgIpc) is 2.26. The molecule has 0 heterocycles. The van der Waals surface area contributed by atoms with Crippen LogP contribution in [0.4, 0.5) is 0 Å². The molecule has 1 aromatic carbocycles. The van der Waals surface area contributed by atoms with Crippen molar-refractivity contribution in [2.24, 2.45) is 5.41 Å². The van der Waals surface area contributed by atoms with Gasteiger partial charge in [0.25, 0.3) is 0 Å². The number of thioether (sulfide) groups is 1. The normalized spacial score (nSPS) is 13.9. The predicted molar refractivity (Wildman–Crippen MR) is 88.1 cm³/mol. The van der Waals surface area contributed by atoms with E-state index in [0.29, 0.717) is 0 Å².